The van der Waals surface area contributed by atoms with E-state index < -0.39 is 0 Å². The minimum absolute atomic E-state index is 0.726. The average Bonchev–Trinajstić information content (AvgIpc) is 2.99. The number of aryl methyl sites for hydroxylation is 1. The van der Waals surface area contributed by atoms with Crippen molar-refractivity contribution in [2.75, 3.05) is 0 Å². The third-order valence-corrected chi connectivity index (χ3v) is 3.41. The summed E-state index contributed by atoms with van der Waals surface area (Å²) >= 11 is 6.28. The van der Waals surface area contributed by atoms with Crippen molar-refractivity contribution in [2.24, 2.45) is 7.05 Å². The van der Waals surface area contributed by atoms with Crippen LogP contribution in [-0.2, 0) is 13.6 Å². The number of aromatic nitrogens is 3. The van der Waals surface area contributed by atoms with Crippen molar-refractivity contribution in [3.05, 3.63) is 65.7 Å². The first-order valence-electron chi connectivity index (χ1n) is 6.11. The Labute approximate surface area is 117 Å². The normalized spacial score (nSPS) is 10.8. The number of benzene rings is 1. The first-order chi connectivity index (χ1) is 9.24. The van der Waals surface area contributed by atoms with Crippen LogP contribution in [0.1, 0.15) is 5.56 Å². The SMILES string of the molecule is Cn1cnc(-c2ccc(Cl)n2Cc2ccccc2)c1. The third-order valence-electron chi connectivity index (χ3n) is 3.08. The van der Waals surface area contributed by atoms with Crippen molar-refractivity contribution >= 4 is 11.6 Å². The van der Waals surface area contributed by atoms with Gasteiger partial charge in [0.2, 0.25) is 0 Å². The van der Waals surface area contributed by atoms with Gasteiger partial charge in [0, 0.05) is 19.8 Å². The van der Waals surface area contributed by atoms with E-state index in [4.69, 9.17) is 11.6 Å². The molecule has 0 fully saturated rings. The summed E-state index contributed by atoms with van der Waals surface area (Å²) in [6, 6.07) is 14.2. The maximum atomic E-state index is 6.28. The Hall–Kier alpha value is -2.00. The molecule has 0 N–H and O–H groups in total. The lowest BCUT2D eigenvalue weighted by molar-refractivity contribution is 0.813. The zero-order valence-electron chi connectivity index (χ0n) is 10.6. The Balaban J connectivity index is 2.00. The smallest absolute Gasteiger partial charge is 0.109 e. The molecule has 0 aliphatic carbocycles. The summed E-state index contributed by atoms with van der Waals surface area (Å²) in [5.41, 5.74) is 3.19. The summed E-state index contributed by atoms with van der Waals surface area (Å²) in [7, 11) is 1.96. The van der Waals surface area contributed by atoms with Gasteiger partial charge in [0.25, 0.3) is 0 Å². The summed E-state index contributed by atoms with van der Waals surface area (Å²) in [5.74, 6) is 0. The van der Waals surface area contributed by atoms with Crippen LogP contribution >= 0.6 is 11.6 Å². The fraction of sp³-hybridized carbons (Fsp3) is 0.133. The molecular weight excluding hydrogens is 258 g/mol. The highest BCUT2D eigenvalue weighted by Crippen LogP contribution is 2.25. The zero-order chi connectivity index (χ0) is 13.2. The molecule has 0 saturated carbocycles. The van der Waals surface area contributed by atoms with Gasteiger partial charge in [0.15, 0.2) is 0 Å². The van der Waals surface area contributed by atoms with Crippen molar-refractivity contribution in [3.8, 4) is 11.4 Å². The van der Waals surface area contributed by atoms with Gasteiger partial charge in [0.05, 0.1) is 12.0 Å². The highest BCUT2D eigenvalue weighted by atomic mass is 35.5. The lowest BCUT2D eigenvalue weighted by atomic mass is 10.2. The maximum Gasteiger partial charge on any atom is 0.109 e. The van der Waals surface area contributed by atoms with Crippen molar-refractivity contribution in [1.29, 1.82) is 0 Å². The monoisotopic (exact) mass is 271 g/mol. The lowest BCUT2D eigenvalue weighted by Crippen LogP contribution is -2.01. The van der Waals surface area contributed by atoms with E-state index >= 15 is 0 Å². The van der Waals surface area contributed by atoms with Crippen LogP contribution in [0.25, 0.3) is 11.4 Å². The van der Waals surface area contributed by atoms with E-state index in [2.05, 4.69) is 21.7 Å². The van der Waals surface area contributed by atoms with Crippen LogP contribution in [0.5, 0.6) is 0 Å². The molecule has 0 saturated heterocycles. The van der Waals surface area contributed by atoms with Crippen LogP contribution in [0.4, 0.5) is 0 Å². The number of halogens is 1. The lowest BCUT2D eigenvalue weighted by Gasteiger charge is -2.09. The van der Waals surface area contributed by atoms with Crippen LogP contribution in [-0.4, -0.2) is 14.1 Å². The van der Waals surface area contributed by atoms with Crippen molar-refractivity contribution in [1.82, 2.24) is 14.1 Å². The Morgan fingerprint density at radius 1 is 1.11 bits per heavy atom. The molecule has 2 heterocycles. The number of imidazole rings is 1. The predicted molar refractivity (Wildman–Crippen MR) is 77.2 cm³/mol. The van der Waals surface area contributed by atoms with Gasteiger partial charge in [0.1, 0.15) is 10.8 Å². The minimum atomic E-state index is 0.726. The second-order valence-corrected chi connectivity index (χ2v) is 4.92. The van der Waals surface area contributed by atoms with Gasteiger partial charge >= 0.3 is 0 Å². The first kappa shape index (κ1) is 12.1. The summed E-state index contributed by atoms with van der Waals surface area (Å²) in [6.07, 6.45) is 3.79. The molecule has 0 spiro atoms. The van der Waals surface area contributed by atoms with E-state index in [1.807, 2.05) is 48.1 Å². The van der Waals surface area contributed by atoms with E-state index in [1.54, 1.807) is 6.33 Å². The standard InChI is InChI=1S/C15H14ClN3/c1-18-10-13(17-11-18)14-7-8-15(16)19(14)9-12-5-3-2-4-6-12/h2-8,10-11H,9H2,1H3. The van der Waals surface area contributed by atoms with Crippen LogP contribution in [0, 0.1) is 0 Å². The van der Waals surface area contributed by atoms with E-state index in [0.29, 0.717) is 0 Å². The molecule has 3 nitrogen and oxygen atoms in total. The van der Waals surface area contributed by atoms with E-state index in [0.717, 1.165) is 23.1 Å². The molecule has 3 rings (SSSR count). The van der Waals surface area contributed by atoms with Gasteiger partial charge in [-0.2, -0.15) is 0 Å². The van der Waals surface area contributed by atoms with Crippen molar-refractivity contribution in [3.63, 3.8) is 0 Å². The highest BCUT2D eigenvalue weighted by Gasteiger charge is 2.11. The zero-order valence-corrected chi connectivity index (χ0v) is 11.4. The maximum absolute atomic E-state index is 6.28. The molecule has 3 aromatic rings. The van der Waals surface area contributed by atoms with Gasteiger partial charge in [-0.3, -0.25) is 0 Å². The van der Waals surface area contributed by atoms with Gasteiger partial charge in [-0.1, -0.05) is 41.9 Å². The predicted octanol–water partition coefficient (Wildman–Crippen LogP) is 3.59. The van der Waals surface area contributed by atoms with Gasteiger partial charge < -0.3 is 9.13 Å². The molecule has 4 heteroatoms. The molecule has 96 valence electrons. The molecule has 19 heavy (non-hydrogen) atoms. The molecule has 0 radical (unpaired) electrons. The topological polar surface area (TPSA) is 22.8 Å². The fourth-order valence-electron chi connectivity index (χ4n) is 2.14. The summed E-state index contributed by atoms with van der Waals surface area (Å²) in [5, 5.41) is 0.726. The van der Waals surface area contributed by atoms with Gasteiger partial charge in [-0.25, -0.2) is 4.98 Å². The van der Waals surface area contributed by atoms with E-state index in [9.17, 15) is 0 Å². The number of nitrogens with zero attached hydrogens (tertiary/aromatic N) is 3. The minimum Gasteiger partial charge on any atom is -0.340 e. The average molecular weight is 272 g/mol. The van der Waals surface area contributed by atoms with Crippen LogP contribution in [0.2, 0.25) is 5.15 Å². The highest BCUT2D eigenvalue weighted by molar-refractivity contribution is 6.30. The van der Waals surface area contributed by atoms with Crippen LogP contribution < -0.4 is 0 Å². The second-order valence-electron chi connectivity index (χ2n) is 4.54. The summed E-state index contributed by atoms with van der Waals surface area (Å²) in [4.78, 5) is 4.39. The molecule has 0 aliphatic rings. The van der Waals surface area contributed by atoms with Gasteiger partial charge in [-0.05, 0) is 17.7 Å². The number of hydrogen-bond acceptors (Lipinski definition) is 1. The molecule has 1 aromatic carbocycles. The van der Waals surface area contributed by atoms with Crippen molar-refractivity contribution < 1.29 is 0 Å². The second kappa shape index (κ2) is 4.94. The Morgan fingerprint density at radius 2 is 1.89 bits per heavy atom. The van der Waals surface area contributed by atoms with Crippen molar-refractivity contribution in [2.45, 2.75) is 6.54 Å². The Bertz CT molecular complexity index is 682. The Morgan fingerprint density at radius 3 is 2.58 bits per heavy atom. The molecular formula is C15H14ClN3. The fourth-order valence-corrected chi connectivity index (χ4v) is 2.35. The van der Waals surface area contributed by atoms with E-state index in [1.165, 1.54) is 5.56 Å². The largest absolute Gasteiger partial charge is 0.340 e. The molecule has 0 bridgehead atoms. The quantitative estimate of drug-likeness (QED) is 0.714. The molecule has 0 amide bonds. The molecule has 0 atom stereocenters. The molecule has 0 aliphatic heterocycles. The van der Waals surface area contributed by atoms with Crippen LogP contribution in [0.3, 0.4) is 0 Å². The molecule has 2 aromatic heterocycles. The summed E-state index contributed by atoms with van der Waals surface area (Å²) < 4.78 is 4.00. The van der Waals surface area contributed by atoms with Gasteiger partial charge in [-0.15, -0.1) is 0 Å². The Kier molecular flexibility index (Phi) is 3.13. The summed E-state index contributed by atoms with van der Waals surface area (Å²) in [6.45, 7) is 0.749. The van der Waals surface area contributed by atoms with E-state index in [-0.39, 0.29) is 0 Å². The number of rotatable bonds is 3. The third kappa shape index (κ3) is 2.42. The molecule has 0 unspecified atom stereocenters. The van der Waals surface area contributed by atoms with Crippen LogP contribution in [0.15, 0.2) is 55.0 Å². The number of hydrogen-bond donors (Lipinski definition) is 0. The first-order valence-corrected chi connectivity index (χ1v) is 6.49.